The van der Waals surface area contributed by atoms with E-state index >= 15 is 0 Å². The van der Waals surface area contributed by atoms with Gasteiger partial charge >= 0.3 is 0 Å². The number of carbonyl (C=O) groups excluding carboxylic acids is 1. The first-order valence-corrected chi connectivity index (χ1v) is 8.11. The van der Waals surface area contributed by atoms with Crippen LogP contribution < -0.4 is 5.32 Å². The Bertz CT molecular complexity index is 446. The summed E-state index contributed by atoms with van der Waals surface area (Å²) in [6.45, 7) is 6.89. The van der Waals surface area contributed by atoms with Gasteiger partial charge in [-0.15, -0.1) is 0 Å². The van der Waals surface area contributed by atoms with Crippen LogP contribution in [0.3, 0.4) is 0 Å². The van der Waals surface area contributed by atoms with Gasteiger partial charge in [-0.1, -0.05) is 35.0 Å². The summed E-state index contributed by atoms with van der Waals surface area (Å²) in [7, 11) is 0. The van der Waals surface area contributed by atoms with Gasteiger partial charge in [0.25, 0.3) is 0 Å². The van der Waals surface area contributed by atoms with Crippen LogP contribution in [0, 0.1) is 5.92 Å². The van der Waals surface area contributed by atoms with Crippen LogP contribution in [0.2, 0.25) is 0 Å². The molecule has 1 aliphatic rings. The molecule has 0 spiro atoms. The van der Waals surface area contributed by atoms with Crippen molar-refractivity contribution in [2.24, 2.45) is 5.92 Å². The second-order valence-electron chi connectivity index (χ2n) is 5.82. The molecule has 0 radical (unpaired) electrons. The van der Waals surface area contributed by atoms with Crippen LogP contribution in [0.25, 0.3) is 0 Å². The predicted molar refractivity (Wildman–Crippen MR) is 85.5 cm³/mol. The lowest BCUT2D eigenvalue weighted by molar-refractivity contribution is -0.123. The first kappa shape index (κ1) is 15.5. The third-order valence-corrected chi connectivity index (χ3v) is 4.38. The average Bonchev–Trinajstić information content (AvgIpc) is 2.39. The van der Waals surface area contributed by atoms with E-state index in [-0.39, 0.29) is 11.9 Å². The molecule has 1 saturated heterocycles. The van der Waals surface area contributed by atoms with Crippen LogP contribution in [0.5, 0.6) is 0 Å². The predicted octanol–water partition coefficient (Wildman–Crippen LogP) is 3.36. The van der Waals surface area contributed by atoms with E-state index in [2.05, 4.69) is 33.1 Å². The third kappa shape index (κ3) is 4.60. The van der Waals surface area contributed by atoms with Gasteiger partial charge in [0, 0.05) is 11.0 Å². The maximum absolute atomic E-state index is 12.1. The number of amides is 1. The van der Waals surface area contributed by atoms with Crippen molar-refractivity contribution in [3.05, 3.63) is 34.3 Å². The molecule has 3 nitrogen and oxygen atoms in total. The second kappa shape index (κ2) is 7.23. The number of likely N-dealkylation sites (tertiary alicyclic amines) is 1. The van der Waals surface area contributed by atoms with Gasteiger partial charge in [-0.2, -0.15) is 0 Å². The summed E-state index contributed by atoms with van der Waals surface area (Å²) in [5, 5.41) is 3.08. The molecule has 0 aliphatic carbocycles. The molecule has 0 aromatic heterocycles. The zero-order valence-corrected chi connectivity index (χ0v) is 13.8. The van der Waals surface area contributed by atoms with E-state index in [1.165, 1.54) is 12.8 Å². The summed E-state index contributed by atoms with van der Waals surface area (Å²) < 4.78 is 1.06. The molecule has 1 aliphatic heterocycles. The van der Waals surface area contributed by atoms with Gasteiger partial charge in [-0.05, 0) is 49.9 Å². The molecule has 4 heteroatoms. The first-order chi connectivity index (χ1) is 9.54. The molecule has 1 fully saturated rings. The highest BCUT2D eigenvalue weighted by molar-refractivity contribution is 9.10. The fourth-order valence-corrected chi connectivity index (χ4v) is 3.02. The fourth-order valence-electron chi connectivity index (χ4n) is 2.76. The van der Waals surface area contributed by atoms with Gasteiger partial charge in [-0.3, -0.25) is 9.69 Å². The maximum Gasteiger partial charge on any atom is 0.234 e. The van der Waals surface area contributed by atoms with E-state index in [1.807, 2.05) is 31.2 Å². The standard InChI is InChI=1S/C16H23BrN2O/c1-12-4-3-9-19(10-12)11-16(20)18-13(2)14-5-7-15(17)8-6-14/h5-8,12-13H,3-4,9-11H2,1-2H3,(H,18,20). The molecule has 1 aromatic rings. The molecule has 2 rings (SSSR count). The van der Waals surface area contributed by atoms with E-state index in [4.69, 9.17) is 0 Å². The number of nitrogens with one attached hydrogen (secondary N) is 1. The average molecular weight is 339 g/mol. The minimum Gasteiger partial charge on any atom is -0.348 e. The molecule has 1 N–H and O–H groups in total. The van der Waals surface area contributed by atoms with E-state index in [9.17, 15) is 4.79 Å². The highest BCUT2D eigenvalue weighted by atomic mass is 79.9. The van der Waals surface area contributed by atoms with Gasteiger partial charge < -0.3 is 5.32 Å². The molecule has 110 valence electrons. The Morgan fingerprint density at radius 3 is 2.80 bits per heavy atom. The van der Waals surface area contributed by atoms with Crippen molar-refractivity contribution in [3.63, 3.8) is 0 Å². The molecule has 0 saturated carbocycles. The van der Waals surface area contributed by atoms with Crippen LogP contribution in [-0.2, 0) is 4.79 Å². The zero-order valence-electron chi connectivity index (χ0n) is 12.2. The van der Waals surface area contributed by atoms with Crippen molar-refractivity contribution >= 4 is 21.8 Å². The molecule has 1 heterocycles. The van der Waals surface area contributed by atoms with E-state index in [0.29, 0.717) is 12.5 Å². The summed E-state index contributed by atoms with van der Waals surface area (Å²) in [5.41, 5.74) is 1.13. The Labute approximate surface area is 129 Å². The van der Waals surface area contributed by atoms with Crippen LogP contribution in [0.4, 0.5) is 0 Å². The molecule has 20 heavy (non-hydrogen) atoms. The summed E-state index contributed by atoms with van der Waals surface area (Å²) in [4.78, 5) is 14.4. The topological polar surface area (TPSA) is 32.3 Å². The second-order valence-corrected chi connectivity index (χ2v) is 6.74. The van der Waals surface area contributed by atoms with E-state index in [0.717, 1.165) is 23.1 Å². The third-order valence-electron chi connectivity index (χ3n) is 3.86. The summed E-state index contributed by atoms with van der Waals surface area (Å²) >= 11 is 3.42. The zero-order chi connectivity index (χ0) is 14.5. The van der Waals surface area contributed by atoms with Crippen molar-refractivity contribution in [1.29, 1.82) is 0 Å². The fraction of sp³-hybridized carbons (Fsp3) is 0.562. The molecular weight excluding hydrogens is 316 g/mol. The number of hydrogen-bond donors (Lipinski definition) is 1. The number of halogens is 1. The van der Waals surface area contributed by atoms with Crippen LogP contribution in [0.15, 0.2) is 28.7 Å². The Kier molecular flexibility index (Phi) is 5.61. The molecule has 1 aromatic carbocycles. The minimum atomic E-state index is 0.0535. The largest absolute Gasteiger partial charge is 0.348 e. The first-order valence-electron chi connectivity index (χ1n) is 7.32. The van der Waals surface area contributed by atoms with Gasteiger partial charge in [-0.25, -0.2) is 0 Å². The normalized spacial score (nSPS) is 21.4. The molecular formula is C16H23BrN2O. The van der Waals surface area contributed by atoms with Gasteiger partial charge in [0.05, 0.1) is 12.6 Å². The lowest BCUT2D eigenvalue weighted by atomic mass is 10.0. The summed E-state index contributed by atoms with van der Waals surface area (Å²) in [5.74, 6) is 0.829. The smallest absolute Gasteiger partial charge is 0.234 e. The van der Waals surface area contributed by atoms with Crippen LogP contribution in [-0.4, -0.2) is 30.4 Å². The summed E-state index contributed by atoms with van der Waals surface area (Å²) in [6.07, 6.45) is 2.49. The highest BCUT2D eigenvalue weighted by Crippen LogP contribution is 2.17. The number of nitrogens with zero attached hydrogens (tertiary/aromatic N) is 1. The van der Waals surface area contributed by atoms with Crippen molar-refractivity contribution in [2.75, 3.05) is 19.6 Å². The molecule has 1 amide bonds. The van der Waals surface area contributed by atoms with E-state index in [1.54, 1.807) is 0 Å². The SMILES string of the molecule is CC1CCCN(CC(=O)NC(C)c2ccc(Br)cc2)C1. The maximum atomic E-state index is 12.1. The number of carbonyl (C=O) groups is 1. The lowest BCUT2D eigenvalue weighted by Gasteiger charge is -2.30. The van der Waals surface area contributed by atoms with Gasteiger partial charge in [0.2, 0.25) is 5.91 Å². The molecule has 2 unspecified atom stereocenters. The quantitative estimate of drug-likeness (QED) is 0.912. The number of rotatable bonds is 4. The van der Waals surface area contributed by atoms with Crippen molar-refractivity contribution in [1.82, 2.24) is 10.2 Å². The Balaban J connectivity index is 1.83. The van der Waals surface area contributed by atoms with Crippen molar-refractivity contribution in [2.45, 2.75) is 32.7 Å². The number of hydrogen-bond acceptors (Lipinski definition) is 2. The van der Waals surface area contributed by atoms with Crippen LogP contribution in [0.1, 0.15) is 38.3 Å². The summed E-state index contributed by atoms with van der Waals surface area (Å²) in [6, 6.07) is 8.14. The Morgan fingerprint density at radius 1 is 1.45 bits per heavy atom. The minimum absolute atomic E-state index is 0.0535. The molecule has 2 atom stereocenters. The Hall–Kier alpha value is -0.870. The number of benzene rings is 1. The van der Waals surface area contributed by atoms with E-state index < -0.39 is 0 Å². The van der Waals surface area contributed by atoms with Crippen molar-refractivity contribution < 1.29 is 4.79 Å². The Morgan fingerprint density at radius 2 is 2.15 bits per heavy atom. The van der Waals surface area contributed by atoms with Crippen molar-refractivity contribution in [3.8, 4) is 0 Å². The monoisotopic (exact) mass is 338 g/mol. The number of piperidine rings is 1. The highest BCUT2D eigenvalue weighted by Gasteiger charge is 2.19. The molecule has 0 bridgehead atoms. The lowest BCUT2D eigenvalue weighted by Crippen LogP contribution is -2.42. The van der Waals surface area contributed by atoms with Crippen LogP contribution >= 0.6 is 15.9 Å². The van der Waals surface area contributed by atoms with Gasteiger partial charge in [0.15, 0.2) is 0 Å². The van der Waals surface area contributed by atoms with Gasteiger partial charge in [0.1, 0.15) is 0 Å².